The second-order valence-corrected chi connectivity index (χ2v) is 7.07. The monoisotopic (exact) mass is 357 g/mol. The van der Waals surface area contributed by atoms with Gasteiger partial charge < -0.3 is 10.0 Å². The molecule has 0 aliphatic rings. The molecule has 0 saturated heterocycles. The molecular weight excluding hydrogens is 330 g/mol. The molecule has 6 nitrogen and oxygen atoms in total. The van der Waals surface area contributed by atoms with E-state index in [0.29, 0.717) is 18.7 Å². The van der Waals surface area contributed by atoms with Gasteiger partial charge >= 0.3 is 5.97 Å². The predicted octanol–water partition coefficient (Wildman–Crippen LogP) is 3.12. The van der Waals surface area contributed by atoms with E-state index >= 15 is 0 Å². The summed E-state index contributed by atoms with van der Waals surface area (Å²) in [5.41, 5.74) is 3.72. The lowest BCUT2D eigenvalue weighted by Gasteiger charge is -2.24. The van der Waals surface area contributed by atoms with Gasteiger partial charge in [-0.2, -0.15) is 5.10 Å². The molecule has 0 aliphatic heterocycles. The third kappa shape index (κ3) is 5.44. The van der Waals surface area contributed by atoms with Gasteiger partial charge in [0.05, 0.1) is 18.7 Å². The number of aryl methyl sites for hydroxylation is 2. The summed E-state index contributed by atoms with van der Waals surface area (Å²) in [4.78, 5) is 25.2. The van der Waals surface area contributed by atoms with Gasteiger partial charge in [0.25, 0.3) is 5.91 Å². The zero-order valence-corrected chi connectivity index (χ0v) is 15.9. The van der Waals surface area contributed by atoms with E-state index in [4.69, 9.17) is 5.11 Å². The lowest BCUT2D eigenvalue weighted by atomic mass is 10.1. The molecule has 0 atom stereocenters. The van der Waals surface area contributed by atoms with E-state index in [1.54, 1.807) is 17.0 Å². The third-order valence-electron chi connectivity index (χ3n) is 4.10. The van der Waals surface area contributed by atoms with E-state index in [9.17, 15) is 9.59 Å². The maximum Gasteiger partial charge on any atom is 0.305 e. The zero-order chi connectivity index (χ0) is 19.3. The van der Waals surface area contributed by atoms with Crippen LogP contribution in [0.4, 0.5) is 0 Å². The highest BCUT2D eigenvalue weighted by Gasteiger charge is 2.18. The number of aliphatic carboxylic acids is 1. The van der Waals surface area contributed by atoms with Gasteiger partial charge in [-0.25, -0.2) is 0 Å². The van der Waals surface area contributed by atoms with Crippen molar-refractivity contribution in [2.24, 2.45) is 5.92 Å². The van der Waals surface area contributed by atoms with Crippen molar-refractivity contribution in [3.05, 3.63) is 52.8 Å². The Balaban J connectivity index is 2.09. The number of hydrogen-bond donors (Lipinski definition) is 1. The number of aromatic nitrogens is 2. The van der Waals surface area contributed by atoms with Crippen molar-refractivity contribution in [2.75, 3.05) is 13.1 Å². The van der Waals surface area contributed by atoms with E-state index < -0.39 is 5.97 Å². The van der Waals surface area contributed by atoms with Crippen molar-refractivity contribution in [1.29, 1.82) is 0 Å². The zero-order valence-electron chi connectivity index (χ0n) is 15.9. The molecule has 140 valence electrons. The van der Waals surface area contributed by atoms with Crippen molar-refractivity contribution in [2.45, 2.75) is 40.7 Å². The molecule has 1 heterocycles. The molecule has 0 aliphatic carbocycles. The summed E-state index contributed by atoms with van der Waals surface area (Å²) in [6.07, 6.45) is -0.0472. The number of carbonyl (C=O) groups excluding carboxylic acids is 1. The molecule has 0 spiro atoms. The average molecular weight is 357 g/mol. The highest BCUT2D eigenvalue weighted by Crippen LogP contribution is 2.12. The van der Waals surface area contributed by atoms with Gasteiger partial charge in [-0.15, -0.1) is 0 Å². The lowest BCUT2D eigenvalue weighted by molar-refractivity contribution is -0.137. The minimum absolute atomic E-state index is 0.0472. The first-order chi connectivity index (χ1) is 12.3. The summed E-state index contributed by atoms with van der Waals surface area (Å²) < 4.78 is 1.93. The quantitative estimate of drug-likeness (QED) is 0.787. The smallest absolute Gasteiger partial charge is 0.305 e. The summed E-state index contributed by atoms with van der Waals surface area (Å²) in [5, 5.41) is 13.4. The molecule has 0 fully saturated rings. The Morgan fingerprint density at radius 1 is 1.19 bits per heavy atom. The normalized spacial score (nSPS) is 11.0. The fraction of sp³-hybridized carbons (Fsp3) is 0.450. The van der Waals surface area contributed by atoms with Crippen LogP contribution in [0.15, 0.2) is 30.3 Å². The maximum atomic E-state index is 12.7. The van der Waals surface area contributed by atoms with Gasteiger partial charge in [0.1, 0.15) is 0 Å². The van der Waals surface area contributed by atoms with E-state index in [0.717, 1.165) is 17.0 Å². The molecule has 26 heavy (non-hydrogen) atoms. The highest BCUT2D eigenvalue weighted by molar-refractivity contribution is 5.94. The molecule has 1 amide bonds. The number of carboxylic acid groups (broad SMARTS) is 1. The number of nitrogens with zero attached hydrogens (tertiary/aromatic N) is 3. The Kier molecular flexibility index (Phi) is 6.55. The number of hydrogen-bond acceptors (Lipinski definition) is 3. The number of carbonyl (C=O) groups is 2. The van der Waals surface area contributed by atoms with E-state index in [1.165, 1.54) is 0 Å². The van der Waals surface area contributed by atoms with Crippen LogP contribution in [0.5, 0.6) is 0 Å². The van der Waals surface area contributed by atoms with Crippen LogP contribution in [0.25, 0.3) is 0 Å². The standard InChI is InChI=1S/C20H27N3O3/c1-14(2)12-22(10-9-19(24)25)20(26)18-7-5-17(6-8-18)13-23-16(4)11-15(3)21-23/h5-8,11,14H,9-10,12-13H2,1-4H3,(H,24,25). The molecule has 0 radical (unpaired) electrons. The van der Waals surface area contributed by atoms with Gasteiger partial charge in [-0.1, -0.05) is 26.0 Å². The molecule has 1 aromatic heterocycles. The summed E-state index contributed by atoms with van der Waals surface area (Å²) in [6.45, 7) is 9.43. The molecular formula is C20H27N3O3. The average Bonchev–Trinajstić information content (AvgIpc) is 2.88. The van der Waals surface area contributed by atoms with Crippen molar-refractivity contribution in [3.63, 3.8) is 0 Å². The van der Waals surface area contributed by atoms with Crippen LogP contribution in [-0.2, 0) is 11.3 Å². The van der Waals surface area contributed by atoms with E-state index in [2.05, 4.69) is 5.10 Å². The van der Waals surface area contributed by atoms with Crippen LogP contribution in [0.1, 0.15) is 47.6 Å². The van der Waals surface area contributed by atoms with Gasteiger partial charge in [0, 0.05) is 24.3 Å². The van der Waals surface area contributed by atoms with Crippen molar-refractivity contribution < 1.29 is 14.7 Å². The lowest BCUT2D eigenvalue weighted by Crippen LogP contribution is -2.36. The molecule has 1 N–H and O–H groups in total. The number of carboxylic acids is 1. The Hall–Kier alpha value is -2.63. The topological polar surface area (TPSA) is 75.4 Å². The Morgan fingerprint density at radius 3 is 2.35 bits per heavy atom. The third-order valence-corrected chi connectivity index (χ3v) is 4.10. The minimum atomic E-state index is -0.896. The van der Waals surface area contributed by atoms with E-state index in [-0.39, 0.29) is 24.8 Å². The van der Waals surface area contributed by atoms with Crippen LogP contribution in [-0.4, -0.2) is 44.8 Å². The predicted molar refractivity (Wildman–Crippen MR) is 100 cm³/mol. The first-order valence-corrected chi connectivity index (χ1v) is 8.87. The van der Waals surface area contributed by atoms with E-state index in [1.807, 2.05) is 50.6 Å². The van der Waals surface area contributed by atoms with Gasteiger partial charge in [0.2, 0.25) is 0 Å². The Labute approximate surface area is 154 Å². The largest absolute Gasteiger partial charge is 0.481 e. The number of amides is 1. The van der Waals surface area contributed by atoms with Crippen LogP contribution >= 0.6 is 0 Å². The fourth-order valence-electron chi connectivity index (χ4n) is 2.89. The van der Waals surface area contributed by atoms with Crippen LogP contribution < -0.4 is 0 Å². The van der Waals surface area contributed by atoms with Crippen molar-refractivity contribution in [3.8, 4) is 0 Å². The first-order valence-electron chi connectivity index (χ1n) is 8.87. The first kappa shape index (κ1) is 19.7. The SMILES string of the molecule is Cc1cc(C)n(Cc2ccc(C(=O)N(CCC(=O)O)CC(C)C)cc2)n1. The molecule has 0 saturated carbocycles. The Morgan fingerprint density at radius 2 is 1.85 bits per heavy atom. The summed E-state index contributed by atoms with van der Waals surface area (Å²) in [5.74, 6) is -0.748. The number of benzene rings is 1. The summed E-state index contributed by atoms with van der Waals surface area (Å²) in [6, 6.07) is 9.49. The van der Waals surface area contributed by atoms with Gasteiger partial charge in [0.15, 0.2) is 0 Å². The van der Waals surface area contributed by atoms with Crippen LogP contribution in [0.3, 0.4) is 0 Å². The second-order valence-electron chi connectivity index (χ2n) is 7.07. The fourth-order valence-corrected chi connectivity index (χ4v) is 2.89. The van der Waals surface area contributed by atoms with Crippen molar-refractivity contribution in [1.82, 2.24) is 14.7 Å². The maximum absolute atomic E-state index is 12.7. The van der Waals surface area contributed by atoms with Crippen LogP contribution in [0, 0.1) is 19.8 Å². The molecule has 1 aromatic carbocycles. The molecule has 2 aromatic rings. The van der Waals surface area contributed by atoms with Crippen molar-refractivity contribution >= 4 is 11.9 Å². The summed E-state index contributed by atoms with van der Waals surface area (Å²) in [7, 11) is 0. The van der Waals surface area contributed by atoms with Gasteiger partial charge in [-0.3, -0.25) is 14.3 Å². The highest BCUT2D eigenvalue weighted by atomic mass is 16.4. The minimum Gasteiger partial charge on any atom is -0.481 e. The molecule has 2 rings (SSSR count). The summed E-state index contributed by atoms with van der Waals surface area (Å²) >= 11 is 0. The second kappa shape index (κ2) is 8.65. The van der Waals surface area contributed by atoms with Gasteiger partial charge in [-0.05, 0) is 43.5 Å². The molecule has 0 bridgehead atoms. The Bertz CT molecular complexity index is 763. The van der Waals surface area contributed by atoms with Crippen LogP contribution in [0.2, 0.25) is 0 Å². The number of rotatable bonds is 8. The molecule has 6 heteroatoms. The molecule has 0 unspecified atom stereocenters.